The summed E-state index contributed by atoms with van der Waals surface area (Å²) >= 11 is 0. The van der Waals surface area contributed by atoms with Crippen molar-refractivity contribution >= 4 is 5.91 Å². The first-order valence-corrected chi connectivity index (χ1v) is 8.34. The average molecular weight is 286 g/mol. The summed E-state index contributed by atoms with van der Waals surface area (Å²) in [6.07, 6.45) is 5.98. The lowest BCUT2D eigenvalue weighted by atomic mass is 9.95. The summed E-state index contributed by atoms with van der Waals surface area (Å²) in [6.45, 7) is 4.34. The predicted molar refractivity (Wildman–Crippen MR) is 85.6 cm³/mol. The minimum Gasteiger partial charge on any atom is -0.349 e. The first-order chi connectivity index (χ1) is 10.2. The third-order valence-electron chi connectivity index (χ3n) is 5.01. The van der Waals surface area contributed by atoms with Crippen molar-refractivity contribution in [3.8, 4) is 0 Å². The van der Waals surface area contributed by atoms with E-state index in [-0.39, 0.29) is 5.91 Å². The number of carbonyl (C=O) groups excluding carboxylic acids is 1. The number of hydrogen-bond acceptors (Lipinski definition) is 2. The summed E-state index contributed by atoms with van der Waals surface area (Å²) in [7, 11) is 0. The molecule has 0 aromatic heterocycles. The Kier molecular flexibility index (Phi) is 4.59. The quantitative estimate of drug-likeness (QED) is 0.896. The molecule has 1 saturated heterocycles. The molecular formula is C18H26N2O. The lowest BCUT2D eigenvalue weighted by Gasteiger charge is -2.23. The van der Waals surface area contributed by atoms with Gasteiger partial charge in [-0.15, -0.1) is 0 Å². The Morgan fingerprint density at radius 2 is 1.81 bits per heavy atom. The lowest BCUT2D eigenvalue weighted by molar-refractivity contribution is 0.0929. The third-order valence-corrected chi connectivity index (χ3v) is 5.01. The van der Waals surface area contributed by atoms with Gasteiger partial charge in [0.1, 0.15) is 0 Å². The number of amides is 1. The van der Waals surface area contributed by atoms with Gasteiger partial charge in [-0.25, -0.2) is 0 Å². The van der Waals surface area contributed by atoms with Crippen molar-refractivity contribution < 1.29 is 4.79 Å². The Balaban J connectivity index is 1.59. The average Bonchev–Trinajstić information content (AvgIpc) is 2.95. The van der Waals surface area contributed by atoms with Crippen molar-refractivity contribution in [3.63, 3.8) is 0 Å². The van der Waals surface area contributed by atoms with Gasteiger partial charge in [0.25, 0.3) is 5.91 Å². The first kappa shape index (κ1) is 14.6. The number of carbonyl (C=O) groups is 1. The molecule has 1 saturated carbocycles. The number of piperidine rings is 1. The first-order valence-electron chi connectivity index (χ1n) is 8.34. The van der Waals surface area contributed by atoms with Gasteiger partial charge in [0.05, 0.1) is 0 Å². The maximum absolute atomic E-state index is 12.3. The highest BCUT2D eigenvalue weighted by atomic mass is 16.1. The predicted octanol–water partition coefficient (Wildman–Crippen LogP) is 3.07. The van der Waals surface area contributed by atoms with E-state index >= 15 is 0 Å². The highest BCUT2D eigenvalue weighted by Gasteiger charge is 2.23. The molecule has 0 bridgehead atoms. The van der Waals surface area contributed by atoms with E-state index < -0.39 is 0 Å². The van der Waals surface area contributed by atoms with Crippen LogP contribution in [0.5, 0.6) is 0 Å². The molecule has 1 amide bonds. The molecule has 1 unspecified atom stereocenters. The zero-order valence-electron chi connectivity index (χ0n) is 12.9. The normalized spacial score (nSPS) is 26.7. The molecule has 114 valence electrons. The number of hydrogen-bond donors (Lipinski definition) is 2. The van der Waals surface area contributed by atoms with Gasteiger partial charge in [-0.3, -0.25) is 4.79 Å². The highest BCUT2D eigenvalue weighted by molar-refractivity contribution is 5.94. The smallest absolute Gasteiger partial charge is 0.251 e. The molecule has 2 fully saturated rings. The van der Waals surface area contributed by atoms with Crippen LogP contribution >= 0.6 is 0 Å². The molecule has 2 atom stereocenters. The Morgan fingerprint density at radius 1 is 1.10 bits per heavy atom. The van der Waals surface area contributed by atoms with Crippen LogP contribution < -0.4 is 10.6 Å². The van der Waals surface area contributed by atoms with Gasteiger partial charge in [0, 0.05) is 11.6 Å². The number of rotatable bonds is 3. The Bertz CT molecular complexity index is 476. The van der Waals surface area contributed by atoms with Crippen molar-refractivity contribution in [2.75, 3.05) is 13.1 Å². The van der Waals surface area contributed by atoms with E-state index in [0.717, 1.165) is 37.4 Å². The maximum Gasteiger partial charge on any atom is 0.251 e. The van der Waals surface area contributed by atoms with E-state index in [1.54, 1.807) is 0 Å². The largest absolute Gasteiger partial charge is 0.349 e. The Morgan fingerprint density at radius 3 is 2.43 bits per heavy atom. The second-order valence-corrected chi connectivity index (χ2v) is 6.73. The molecule has 1 aliphatic heterocycles. The van der Waals surface area contributed by atoms with Crippen LogP contribution in [0.25, 0.3) is 0 Å². The van der Waals surface area contributed by atoms with E-state index in [4.69, 9.17) is 0 Å². The molecule has 1 aromatic carbocycles. The van der Waals surface area contributed by atoms with Crippen LogP contribution in [0.1, 0.15) is 60.9 Å². The summed E-state index contributed by atoms with van der Waals surface area (Å²) in [5, 5.41) is 6.47. The maximum atomic E-state index is 12.3. The third kappa shape index (κ3) is 3.65. The van der Waals surface area contributed by atoms with Crippen LogP contribution in [-0.4, -0.2) is 25.0 Å². The minimum atomic E-state index is 0.0771. The molecule has 2 aliphatic rings. The van der Waals surface area contributed by atoms with Crippen LogP contribution in [0.2, 0.25) is 0 Å². The van der Waals surface area contributed by atoms with Crippen LogP contribution in [0.15, 0.2) is 24.3 Å². The van der Waals surface area contributed by atoms with Crippen LogP contribution in [0, 0.1) is 5.92 Å². The Labute approximate surface area is 127 Å². The molecule has 1 aromatic rings. The van der Waals surface area contributed by atoms with Gasteiger partial charge in [-0.1, -0.05) is 25.5 Å². The van der Waals surface area contributed by atoms with Crippen LogP contribution in [0.4, 0.5) is 0 Å². The van der Waals surface area contributed by atoms with Crippen LogP contribution in [0.3, 0.4) is 0 Å². The summed E-state index contributed by atoms with van der Waals surface area (Å²) < 4.78 is 0. The summed E-state index contributed by atoms with van der Waals surface area (Å²) in [4.78, 5) is 12.3. The van der Waals surface area contributed by atoms with E-state index in [9.17, 15) is 4.79 Å². The van der Waals surface area contributed by atoms with Gasteiger partial charge >= 0.3 is 0 Å². The van der Waals surface area contributed by atoms with Gasteiger partial charge in [0.2, 0.25) is 0 Å². The summed E-state index contributed by atoms with van der Waals surface area (Å²) in [5.41, 5.74) is 2.20. The van der Waals surface area contributed by atoms with Crippen molar-refractivity contribution in [1.29, 1.82) is 0 Å². The van der Waals surface area contributed by atoms with Gasteiger partial charge in [0.15, 0.2) is 0 Å². The van der Waals surface area contributed by atoms with E-state index in [2.05, 4.69) is 29.7 Å². The van der Waals surface area contributed by atoms with Gasteiger partial charge in [-0.05, 0) is 68.3 Å². The second-order valence-electron chi connectivity index (χ2n) is 6.73. The zero-order valence-corrected chi connectivity index (χ0v) is 12.9. The van der Waals surface area contributed by atoms with E-state index in [1.807, 2.05) is 12.1 Å². The van der Waals surface area contributed by atoms with E-state index in [0.29, 0.717) is 12.0 Å². The molecule has 3 heteroatoms. The van der Waals surface area contributed by atoms with Gasteiger partial charge < -0.3 is 10.6 Å². The second kappa shape index (κ2) is 6.61. The molecule has 2 N–H and O–H groups in total. The highest BCUT2D eigenvalue weighted by Crippen LogP contribution is 2.37. The minimum absolute atomic E-state index is 0.0771. The molecule has 1 heterocycles. The topological polar surface area (TPSA) is 41.1 Å². The van der Waals surface area contributed by atoms with Gasteiger partial charge in [-0.2, -0.15) is 0 Å². The van der Waals surface area contributed by atoms with Crippen molar-refractivity contribution in [2.45, 2.75) is 51.0 Å². The Hall–Kier alpha value is -1.35. The fourth-order valence-corrected chi connectivity index (χ4v) is 3.65. The fraction of sp³-hybridized carbons (Fsp3) is 0.611. The van der Waals surface area contributed by atoms with Crippen molar-refractivity contribution in [3.05, 3.63) is 35.4 Å². The van der Waals surface area contributed by atoms with E-state index in [1.165, 1.54) is 24.8 Å². The zero-order chi connectivity index (χ0) is 14.7. The molecule has 3 nitrogen and oxygen atoms in total. The molecular weight excluding hydrogens is 260 g/mol. The van der Waals surface area contributed by atoms with Crippen LogP contribution in [-0.2, 0) is 0 Å². The molecule has 0 radical (unpaired) electrons. The summed E-state index contributed by atoms with van der Waals surface area (Å²) in [6, 6.07) is 8.62. The van der Waals surface area contributed by atoms with Crippen molar-refractivity contribution in [1.82, 2.24) is 10.6 Å². The van der Waals surface area contributed by atoms with Crippen molar-refractivity contribution in [2.24, 2.45) is 5.92 Å². The molecule has 0 spiro atoms. The molecule has 1 aliphatic carbocycles. The lowest BCUT2D eigenvalue weighted by Crippen LogP contribution is -2.42. The number of benzene rings is 1. The fourth-order valence-electron chi connectivity index (χ4n) is 3.65. The standard InChI is InChI=1S/C18H26N2O/c1-13-2-3-16(12-13)14-4-6-15(7-5-14)18(21)20-17-8-10-19-11-9-17/h4-7,13,16-17,19H,2-3,8-12H2,1H3,(H,20,21)/t13?,16-/m0/s1. The number of nitrogens with one attached hydrogen (secondary N) is 2. The summed E-state index contributed by atoms with van der Waals surface area (Å²) in [5.74, 6) is 1.62. The SMILES string of the molecule is CC1CC[C@H](c2ccc(C(=O)NC3CCNCC3)cc2)C1. The molecule has 21 heavy (non-hydrogen) atoms. The molecule has 3 rings (SSSR count). The monoisotopic (exact) mass is 286 g/mol.